The summed E-state index contributed by atoms with van der Waals surface area (Å²) in [5.41, 5.74) is 4.08. The number of rotatable bonds is 6. The predicted octanol–water partition coefficient (Wildman–Crippen LogP) is 3.80. The Hall–Kier alpha value is -2.10. The molecular formula is C23H32N2O2. The number of amides is 2. The van der Waals surface area contributed by atoms with E-state index in [0.29, 0.717) is 0 Å². The Labute approximate surface area is 163 Å². The summed E-state index contributed by atoms with van der Waals surface area (Å²) in [6.45, 7) is 8.52. The van der Waals surface area contributed by atoms with Crippen molar-refractivity contribution in [3.63, 3.8) is 0 Å². The predicted molar refractivity (Wildman–Crippen MR) is 109 cm³/mol. The first-order valence-corrected chi connectivity index (χ1v) is 10.3. The fourth-order valence-electron chi connectivity index (χ4n) is 4.15. The molecule has 1 heterocycles. The van der Waals surface area contributed by atoms with E-state index in [1.807, 2.05) is 32.6 Å². The summed E-state index contributed by atoms with van der Waals surface area (Å²) in [6, 6.07) is 8.34. The van der Waals surface area contributed by atoms with Crippen LogP contribution in [0.1, 0.15) is 58.1 Å². The highest BCUT2D eigenvalue weighted by atomic mass is 16.2. The van der Waals surface area contributed by atoms with Crippen molar-refractivity contribution in [2.24, 2.45) is 11.8 Å². The molecule has 146 valence electrons. The maximum absolute atomic E-state index is 13.3. The van der Waals surface area contributed by atoms with Gasteiger partial charge >= 0.3 is 0 Å². The molecule has 4 heteroatoms. The molecule has 2 amide bonds. The molecule has 1 N–H and O–H groups in total. The lowest BCUT2D eigenvalue weighted by molar-refractivity contribution is -0.139. The van der Waals surface area contributed by atoms with E-state index in [0.717, 1.165) is 32.2 Å². The van der Waals surface area contributed by atoms with Crippen LogP contribution >= 0.6 is 0 Å². The second-order valence-electron chi connectivity index (χ2n) is 8.51. The second-order valence-corrected chi connectivity index (χ2v) is 8.51. The third kappa shape index (κ3) is 4.26. The van der Waals surface area contributed by atoms with E-state index in [9.17, 15) is 9.59 Å². The van der Waals surface area contributed by atoms with Crippen LogP contribution in [0, 0.1) is 11.8 Å². The van der Waals surface area contributed by atoms with E-state index in [1.54, 1.807) is 0 Å². The fraction of sp³-hybridized carbons (Fsp3) is 0.565. The first kappa shape index (κ1) is 19.7. The molecule has 0 spiro atoms. The van der Waals surface area contributed by atoms with Crippen LogP contribution in [0.15, 0.2) is 30.3 Å². The van der Waals surface area contributed by atoms with E-state index in [-0.39, 0.29) is 29.7 Å². The van der Waals surface area contributed by atoms with Crippen LogP contribution in [-0.4, -0.2) is 35.3 Å². The largest absolute Gasteiger partial charge is 0.344 e. The van der Waals surface area contributed by atoms with Crippen molar-refractivity contribution in [1.29, 1.82) is 0 Å². The average molecular weight is 369 g/mol. The summed E-state index contributed by atoms with van der Waals surface area (Å²) >= 11 is 0. The van der Waals surface area contributed by atoms with Gasteiger partial charge in [0.25, 0.3) is 0 Å². The molecule has 1 aromatic rings. The van der Waals surface area contributed by atoms with Crippen molar-refractivity contribution >= 4 is 17.4 Å². The summed E-state index contributed by atoms with van der Waals surface area (Å²) in [4.78, 5) is 27.5. The van der Waals surface area contributed by atoms with E-state index >= 15 is 0 Å². The summed E-state index contributed by atoms with van der Waals surface area (Å²) in [5.74, 6) is -0.0138. The number of carbonyl (C=O) groups is 2. The molecule has 1 fully saturated rings. The Morgan fingerprint density at radius 2 is 1.93 bits per heavy atom. The van der Waals surface area contributed by atoms with E-state index in [1.165, 1.54) is 16.7 Å². The average Bonchev–Trinajstić information content (AvgIpc) is 3.26. The number of hydrogen-bond acceptors (Lipinski definition) is 2. The van der Waals surface area contributed by atoms with Gasteiger partial charge in [0.2, 0.25) is 11.8 Å². The molecule has 0 saturated carbocycles. The highest BCUT2D eigenvalue weighted by molar-refractivity contribution is 5.89. The lowest BCUT2D eigenvalue weighted by Gasteiger charge is -2.32. The van der Waals surface area contributed by atoms with Crippen LogP contribution in [0.3, 0.4) is 0 Å². The number of nitrogens with one attached hydrogen (secondary N) is 1. The first-order chi connectivity index (χ1) is 12.9. The fourth-order valence-corrected chi connectivity index (χ4v) is 4.15. The third-order valence-corrected chi connectivity index (χ3v) is 5.80. The molecule has 27 heavy (non-hydrogen) atoms. The molecule has 0 bridgehead atoms. The van der Waals surface area contributed by atoms with Crippen molar-refractivity contribution < 1.29 is 9.59 Å². The molecule has 2 atom stereocenters. The second kappa shape index (κ2) is 8.28. The van der Waals surface area contributed by atoms with Gasteiger partial charge in [0.1, 0.15) is 6.04 Å². The van der Waals surface area contributed by atoms with Gasteiger partial charge in [-0.1, -0.05) is 58.0 Å². The molecule has 1 aliphatic heterocycles. The first-order valence-electron chi connectivity index (χ1n) is 10.3. The quantitative estimate of drug-likeness (QED) is 0.830. The molecule has 1 aliphatic carbocycles. The highest BCUT2D eigenvalue weighted by Crippen LogP contribution is 2.34. The number of allylic oxidation sites excluding steroid dienone is 1. The van der Waals surface area contributed by atoms with Gasteiger partial charge in [-0.25, -0.2) is 0 Å². The SMILES string of the molecule is CC(C)C(=O)NC(C(=O)N1CCC[C@H]1CC1=CCc2ccccc21)C(C)C. The van der Waals surface area contributed by atoms with E-state index < -0.39 is 6.04 Å². The summed E-state index contributed by atoms with van der Waals surface area (Å²) in [6.07, 6.45) is 6.28. The third-order valence-electron chi connectivity index (χ3n) is 5.80. The zero-order chi connectivity index (χ0) is 19.6. The van der Waals surface area contributed by atoms with Crippen molar-refractivity contribution in [3.8, 4) is 0 Å². The number of carbonyl (C=O) groups excluding carboxylic acids is 2. The summed E-state index contributed by atoms with van der Waals surface area (Å²) in [5, 5.41) is 2.98. The molecule has 1 aromatic carbocycles. The molecule has 2 aliphatic rings. The zero-order valence-electron chi connectivity index (χ0n) is 17.0. The normalized spacial score (nSPS) is 20.0. The van der Waals surface area contributed by atoms with Gasteiger partial charge in [-0.15, -0.1) is 0 Å². The van der Waals surface area contributed by atoms with Crippen LogP contribution in [0.5, 0.6) is 0 Å². The van der Waals surface area contributed by atoms with E-state index in [2.05, 4.69) is 35.7 Å². The highest BCUT2D eigenvalue weighted by Gasteiger charge is 2.36. The van der Waals surface area contributed by atoms with Crippen LogP contribution in [0.25, 0.3) is 5.57 Å². The van der Waals surface area contributed by atoms with Crippen LogP contribution in [0.4, 0.5) is 0 Å². The number of fused-ring (bicyclic) bond motifs is 1. The zero-order valence-corrected chi connectivity index (χ0v) is 17.0. The maximum Gasteiger partial charge on any atom is 0.245 e. The molecule has 1 saturated heterocycles. The van der Waals surface area contributed by atoms with Crippen LogP contribution in [-0.2, 0) is 16.0 Å². The summed E-state index contributed by atoms with van der Waals surface area (Å²) in [7, 11) is 0. The van der Waals surface area contributed by atoms with Crippen LogP contribution in [0.2, 0.25) is 0 Å². The van der Waals surface area contributed by atoms with Gasteiger partial charge in [-0.3, -0.25) is 9.59 Å². The smallest absolute Gasteiger partial charge is 0.245 e. The summed E-state index contributed by atoms with van der Waals surface area (Å²) < 4.78 is 0. The van der Waals surface area contributed by atoms with Gasteiger partial charge in [-0.2, -0.15) is 0 Å². The molecule has 0 radical (unpaired) electrons. The molecule has 4 nitrogen and oxygen atoms in total. The number of nitrogens with zero attached hydrogens (tertiary/aromatic N) is 1. The van der Waals surface area contributed by atoms with Crippen molar-refractivity contribution in [1.82, 2.24) is 10.2 Å². The number of likely N-dealkylation sites (tertiary alicyclic amines) is 1. The van der Waals surface area contributed by atoms with Gasteiger partial charge in [0.05, 0.1) is 0 Å². The minimum Gasteiger partial charge on any atom is -0.344 e. The topological polar surface area (TPSA) is 49.4 Å². The lowest BCUT2D eigenvalue weighted by atomic mass is 9.97. The van der Waals surface area contributed by atoms with Gasteiger partial charge in [0, 0.05) is 18.5 Å². The minimum absolute atomic E-state index is 0.0507. The van der Waals surface area contributed by atoms with Gasteiger partial charge in [-0.05, 0) is 48.3 Å². The Bertz CT molecular complexity index is 736. The Kier molecular flexibility index (Phi) is 6.03. The Balaban J connectivity index is 1.71. The Morgan fingerprint density at radius 3 is 2.63 bits per heavy atom. The monoisotopic (exact) mass is 368 g/mol. The molecule has 0 aromatic heterocycles. The van der Waals surface area contributed by atoms with E-state index in [4.69, 9.17) is 0 Å². The standard InChI is InChI=1S/C23H32N2O2/c1-15(2)21(24-22(26)16(3)4)23(27)25-13-7-9-19(25)14-18-12-11-17-8-5-6-10-20(17)18/h5-6,8,10,12,15-16,19,21H,7,9,11,13-14H2,1-4H3,(H,24,26)/t19-,21?/m0/s1. The van der Waals surface area contributed by atoms with Crippen molar-refractivity contribution in [3.05, 3.63) is 41.5 Å². The van der Waals surface area contributed by atoms with Crippen molar-refractivity contribution in [2.75, 3.05) is 6.54 Å². The minimum atomic E-state index is -0.439. The van der Waals surface area contributed by atoms with Gasteiger partial charge < -0.3 is 10.2 Å². The number of hydrogen-bond donors (Lipinski definition) is 1. The lowest BCUT2D eigenvalue weighted by Crippen LogP contribution is -2.53. The molecule has 1 unspecified atom stereocenters. The van der Waals surface area contributed by atoms with Crippen LogP contribution < -0.4 is 5.32 Å². The molecular weight excluding hydrogens is 336 g/mol. The Morgan fingerprint density at radius 1 is 1.19 bits per heavy atom. The molecule has 3 rings (SSSR count). The van der Waals surface area contributed by atoms with Crippen molar-refractivity contribution in [2.45, 2.75) is 65.5 Å². The number of benzene rings is 1. The van der Waals surface area contributed by atoms with Gasteiger partial charge in [0.15, 0.2) is 0 Å². The maximum atomic E-state index is 13.3.